The number of rotatable bonds is 3. The first-order valence-electron chi connectivity index (χ1n) is 6.69. The Morgan fingerprint density at radius 2 is 2.22 bits per heavy atom. The van der Waals surface area contributed by atoms with Gasteiger partial charge in [0.05, 0.1) is 0 Å². The van der Waals surface area contributed by atoms with Crippen LogP contribution in [0.3, 0.4) is 0 Å². The molecule has 0 amide bonds. The van der Waals surface area contributed by atoms with Crippen molar-refractivity contribution in [3.8, 4) is 0 Å². The monoisotopic (exact) mass is 387 g/mol. The van der Waals surface area contributed by atoms with Gasteiger partial charge >= 0.3 is 5.97 Å². The first-order valence-corrected chi connectivity index (χ1v) is 7.48. The quantitative estimate of drug-likeness (QED) is 0.461. The number of halogens is 1. The molecule has 0 unspecified atom stereocenters. The number of fused-ring (bicyclic) bond motifs is 1. The van der Waals surface area contributed by atoms with E-state index in [0.29, 0.717) is 15.9 Å². The number of esters is 1. The second-order valence-corrected chi connectivity index (χ2v) is 5.74. The van der Waals surface area contributed by atoms with Crippen LogP contribution in [0.15, 0.2) is 11.1 Å². The number of carbonyl (C=O) groups is 1. The largest absolute Gasteiger partial charge is 0.463 e. The molecule has 23 heavy (non-hydrogen) atoms. The minimum atomic E-state index is -1.26. The predicted molar refractivity (Wildman–Crippen MR) is 80.0 cm³/mol. The van der Waals surface area contributed by atoms with Gasteiger partial charge in [-0.15, -0.1) is 0 Å². The van der Waals surface area contributed by atoms with Gasteiger partial charge in [-0.1, -0.05) is 0 Å². The van der Waals surface area contributed by atoms with E-state index in [2.05, 4.69) is 30.9 Å². The molecule has 2 aromatic heterocycles. The maximum Gasteiger partial charge on any atom is 0.302 e. The summed E-state index contributed by atoms with van der Waals surface area (Å²) in [5, 5.41) is 20.3. The lowest BCUT2D eigenvalue weighted by molar-refractivity contribution is -0.147. The van der Waals surface area contributed by atoms with Gasteiger partial charge in [0, 0.05) is 6.92 Å². The van der Waals surface area contributed by atoms with Gasteiger partial charge in [0.1, 0.15) is 31.2 Å². The van der Waals surface area contributed by atoms with E-state index in [1.54, 1.807) is 0 Å². The predicted octanol–water partition coefficient (Wildman–Crippen LogP) is -0.647. The first kappa shape index (κ1) is 16.1. The molecule has 0 aliphatic carbocycles. The fraction of sp³-hybridized carbons (Fsp3) is 0.500. The average molecular weight is 388 g/mol. The molecular formula is C12H14BrN5O5. The van der Waals surface area contributed by atoms with Crippen molar-refractivity contribution in [1.29, 1.82) is 0 Å². The van der Waals surface area contributed by atoms with Crippen LogP contribution in [-0.2, 0) is 14.3 Å². The standard InChI is InChI=1S/C12H14BrN5O5/c1-4(19)22-2-5-7(20)8(21)11(23-5)18-10-6(17-12(18)13)9(14)15-3-16-10/h3,5,7-8,11,20-21H,2H2,1H3,(H2,14,15,16)/t5-,7-,8-,11-/m1/s1. The van der Waals surface area contributed by atoms with Crippen molar-refractivity contribution in [3.05, 3.63) is 11.1 Å². The van der Waals surface area contributed by atoms with E-state index >= 15 is 0 Å². The van der Waals surface area contributed by atoms with Crippen LogP contribution in [0, 0.1) is 0 Å². The molecule has 4 N–H and O–H groups in total. The van der Waals surface area contributed by atoms with Crippen LogP contribution < -0.4 is 5.73 Å². The fourth-order valence-corrected chi connectivity index (χ4v) is 2.95. The highest BCUT2D eigenvalue weighted by atomic mass is 79.9. The number of anilines is 1. The maximum absolute atomic E-state index is 10.9. The smallest absolute Gasteiger partial charge is 0.302 e. The maximum atomic E-state index is 10.9. The summed E-state index contributed by atoms with van der Waals surface area (Å²) < 4.78 is 12.2. The summed E-state index contributed by atoms with van der Waals surface area (Å²) in [6.07, 6.45) is -3.08. The zero-order valence-corrected chi connectivity index (χ0v) is 13.5. The van der Waals surface area contributed by atoms with Crippen LogP contribution in [-0.4, -0.2) is 60.6 Å². The molecule has 4 atom stereocenters. The summed E-state index contributed by atoms with van der Waals surface area (Å²) in [6.45, 7) is 1.07. The molecule has 1 fully saturated rings. The minimum absolute atomic E-state index is 0.175. The first-order chi connectivity index (χ1) is 10.9. The van der Waals surface area contributed by atoms with Gasteiger partial charge in [-0.25, -0.2) is 15.0 Å². The Balaban J connectivity index is 1.94. The van der Waals surface area contributed by atoms with Gasteiger partial charge in [-0.05, 0) is 15.9 Å². The molecule has 0 aromatic carbocycles. The van der Waals surface area contributed by atoms with E-state index in [1.165, 1.54) is 17.8 Å². The molecule has 11 heteroatoms. The summed E-state index contributed by atoms with van der Waals surface area (Å²) in [6, 6.07) is 0. The molecule has 1 aliphatic rings. The Labute approximate surface area is 138 Å². The van der Waals surface area contributed by atoms with E-state index in [1.807, 2.05) is 0 Å². The lowest BCUT2D eigenvalue weighted by Crippen LogP contribution is -2.34. The minimum Gasteiger partial charge on any atom is -0.463 e. The van der Waals surface area contributed by atoms with Crippen molar-refractivity contribution in [2.75, 3.05) is 12.3 Å². The number of aliphatic hydroxyl groups is 2. The summed E-state index contributed by atoms with van der Waals surface area (Å²) in [5.74, 6) is -0.326. The third-order valence-electron chi connectivity index (χ3n) is 3.50. The van der Waals surface area contributed by atoms with Crippen LogP contribution in [0.2, 0.25) is 0 Å². The zero-order chi connectivity index (χ0) is 16.7. The molecule has 124 valence electrons. The second kappa shape index (κ2) is 6.00. The summed E-state index contributed by atoms with van der Waals surface area (Å²) in [4.78, 5) is 23.0. The average Bonchev–Trinajstić information content (AvgIpc) is 2.96. The Bertz CT molecular complexity index is 753. The number of nitrogens with two attached hydrogens (primary N) is 1. The molecule has 0 bridgehead atoms. The van der Waals surface area contributed by atoms with Gasteiger partial charge in [0.2, 0.25) is 0 Å². The number of carbonyl (C=O) groups excluding carboxylic acids is 1. The van der Waals surface area contributed by atoms with Gasteiger partial charge in [-0.3, -0.25) is 9.36 Å². The van der Waals surface area contributed by atoms with E-state index in [0.717, 1.165) is 0 Å². The molecule has 2 aromatic rings. The van der Waals surface area contributed by atoms with Crippen molar-refractivity contribution in [1.82, 2.24) is 19.5 Å². The molecule has 1 saturated heterocycles. The van der Waals surface area contributed by atoms with Crippen LogP contribution >= 0.6 is 15.9 Å². The van der Waals surface area contributed by atoms with Crippen molar-refractivity contribution in [2.45, 2.75) is 31.5 Å². The van der Waals surface area contributed by atoms with Gasteiger partial charge in [0.25, 0.3) is 0 Å². The third kappa shape index (κ3) is 2.76. The van der Waals surface area contributed by atoms with Crippen molar-refractivity contribution >= 4 is 38.9 Å². The number of aromatic nitrogens is 4. The third-order valence-corrected chi connectivity index (χ3v) is 4.06. The zero-order valence-electron chi connectivity index (χ0n) is 12.0. The Morgan fingerprint density at radius 3 is 2.91 bits per heavy atom. The lowest BCUT2D eigenvalue weighted by atomic mass is 10.1. The Morgan fingerprint density at radius 1 is 1.48 bits per heavy atom. The van der Waals surface area contributed by atoms with Crippen LogP contribution in [0.5, 0.6) is 0 Å². The molecule has 0 spiro atoms. The van der Waals surface area contributed by atoms with Gasteiger partial charge in [0.15, 0.2) is 27.9 Å². The number of nitrogens with zero attached hydrogens (tertiary/aromatic N) is 4. The molecule has 0 radical (unpaired) electrons. The van der Waals surface area contributed by atoms with Crippen LogP contribution in [0.1, 0.15) is 13.2 Å². The highest BCUT2D eigenvalue weighted by Crippen LogP contribution is 2.35. The lowest BCUT2D eigenvalue weighted by Gasteiger charge is -2.17. The fourth-order valence-electron chi connectivity index (χ4n) is 2.40. The normalized spacial score (nSPS) is 27.5. The highest BCUT2D eigenvalue weighted by molar-refractivity contribution is 9.10. The highest BCUT2D eigenvalue weighted by Gasteiger charge is 2.45. The Kier molecular flexibility index (Phi) is 4.19. The van der Waals surface area contributed by atoms with Gasteiger partial charge < -0.3 is 25.4 Å². The molecule has 0 saturated carbocycles. The summed E-state index contributed by atoms with van der Waals surface area (Å²) in [5.41, 5.74) is 6.43. The molecule has 3 heterocycles. The van der Waals surface area contributed by atoms with E-state index in [9.17, 15) is 15.0 Å². The number of ether oxygens (including phenoxy) is 2. The summed E-state index contributed by atoms with van der Waals surface area (Å²) >= 11 is 3.25. The number of hydrogen-bond donors (Lipinski definition) is 3. The summed E-state index contributed by atoms with van der Waals surface area (Å²) in [7, 11) is 0. The number of hydrogen-bond acceptors (Lipinski definition) is 9. The van der Waals surface area contributed by atoms with Crippen molar-refractivity contribution in [3.63, 3.8) is 0 Å². The van der Waals surface area contributed by atoms with E-state index < -0.39 is 30.5 Å². The Hall–Kier alpha value is -1.82. The van der Waals surface area contributed by atoms with Crippen molar-refractivity contribution < 1.29 is 24.5 Å². The molecule has 10 nitrogen and oxygen atoms in total. The SMILES string of the molecule is CC(=O)OC[C@H]1O[C@@H](n2c(Br)nc3c(N)ncnc32)[C@H](O)[C@@H]1O. The van der Waals surface area contributed by atoms with Gasteiger partial charge in [-0.2, -0.15) is 0 Å². The number of aliphatic hydroxyl groups excluding tert-OH is 2. The number of nitrogen functional groups attached to an aromatic ring is 1. The second-order valence-electron chi connectivity index (χ2n) is 5.03. The van der Waals surface area contributed by atoms with E-state index in [-0.39, 0.29) is 12.4 Å². The molecule has 3 rings (SSSR count). The molecule has 1 aliphatic heterocycles. The number of imidazole rings is 1. The van der Waals surface area contributed by atoms with Crippen LogP contribution in [0.4, 0.5) is 5.82 Å². The molecular weight excluding hydrogens is 374 g/mol. The van der Waals surface area contributed by atoms with Crippen molar-refractivity contribution in [2.24, 2.45) is 0 Å². The van der Waals surface area contributed by atoms with Crippen LogP contribution in [0.25, 0.3) is 11.2 Å². The topological polar surface area (TPSA) is 146 Å². The van der Waals surface area contributed by atoms with E-state index in [4.69, 9.17) is 15.2 Å².